The smallest absolute Gasteiger partial charge is 0.383 e. The van der Waals surface area contributed by atoms with Crippen molar-refractivity contribution in [3.8, 4) is 0 Å². The van der Waals surface area contributed by atoms with Gasteiger partial charge in [-0.15, -0.1) is 0 Å². The highest BCUT2D eigenvalue weighted by Gasteiger charge is 2.29. The van der Waals surface area contributed by atoms with E-state index in [2.05, 4.69) is 12.2 Å². The quantitative estimate of drug-likeness (QED) is 0.788. The normalized spacial score (nSPS) is 13.4. The van der Waals surface area contributed by atoms with E-state index < -0.39 is 11.7 Å². The van der Waals surface area contributed by atoms with Crippen molar-refractivity contribution in [1.29, 1.82) is 0 Å². The lowest BCUT2D eigenvalue weighted by Gasteiger charge is -2.17. The van der Waals surface area contributed by atoms with E-state index in [4.69, 9.17) is 4.74 Å². The lowest BCUT2D eigenvalue weighted by atomic mass is 10.0. The van der Waals surface area contributed by atoms with Gasteiger partial charge in [0.25, 0.3) is 0 Å². The maximum atomic E-state index is 12.4. The molecule has 1 aromatic carbocycles. The summed E-state index contributed by atoms with van der Waals surface area (Å²) in [5.41, 5.74) is 0.316. The molecule has 1 unspecified atom stereocenters. The Morgan fingerprint density at radius 2 is 1.85 bits per heavy atom. The van der Waals surface area contributed by atoms with Gasteiger partial charge in [-0.2, -0.15) is 13.2 Å². The average molecular weight is 289 g/mol. The first-order valence-corrected chi connectivity index (χ1v) is 6.85. The molecule has 0 saturated carbocycles. The summed E-state index contributed by atoms with van der Waals surface area (Å²) in [6, 6.07) is 5.61. The summed E-state index contributed by atoms with van der Waals surface area (Å²) in [5.74, 6) is 0. The number of hydrogen-bond donors (Lipinski definition) is 1. The number of hydrogen-bond acceptors (Lipinski definition) is 2. The number of nitrogens with one attached hydrogen (secondary N) is 1. The van der Waals surface area contributed by atoms with E-state index in [1.54, 1.807) is 19.2 Å². The van der Waals surface area contributed by atoms with Crippen LogP contribution in [0.2, 0.25) is 0 Å². The van der Waals surface area contributed by atoms with Gasteiger partial charge in [-0.3, -0.25) is 0 Å². The van der Waals surface area contributed by atoms with Crippen LogP contribution in [0.15, 0.2) is 24.3 Å². The Balaban J connectivity index is 2.51. The molecule has 1 aromatic rings. The van der Waals surface area contributed by atoms with Gasteiger partial charge < -0.3 is 10.1 Å². The predicted octanol–water partition coefficient (Wildman–Crippen LogP) is 3.65. The third kappa shape index (κ3) is 5.92. The molecule has 1 atom stereocenters. The van der Waals surface area contributed by atoms with Crippen LogP contribution in [0.5, 0.6) is 0 Å². The van der Waals surface area contributed by atoms with Gasteiger partial charge in [0.2, 0.25) is 0 Å². The minimum Gasteiger partial charge on any atom is -0.383 e. The van der Waals surface area contributed by atoms with E-state index in [1.807, 2.05) is 0 Å². The molecule has 0 bridgehead atoms. The number of methoxy groups -OCH3 is 1. The molecule has 0 amide bonds. The van der Waals surface area contributed by atoms with Gasteiger partial charge >= 0.3 is 6.18 Å². The van der Waals surface area contributed by atoms with Gasteiger partial charge in [-0.05, 0) is 43.5 Å². The lowest BCUT2D eigenvalue weighted by Crippen LogP contribution is -2.34. The molecule has 0 fully saturated rings. The number of rotatable bonds is 8. The fourth-order valence-corrected chi connectivity index (χ4v) is 2.00. The number of ether oxygens (including phenoxy) is 1. The Kier molecular flexibility index (Phi) is 7.02. The third-order valence-electron chi connectivity index (χ3n) is 3.11. The SMILES string of the molecule is CCCNC(CCc1ccc(C(F)(F)F)cc1)COC. The van der Waals surface area contributed by atoms with Crippen LogP contribution < -0.4 is 5.32 Å². The molecular weight excluding hydrogens is 267 g/mol. The van der Waals surface area contributed by atoms with Crippen LogP contribution in [0.3, 0.4) is 0 Å². The molecule has 0 heterocycles. The first-order chi connectivity index (χ1) is 9.47. The van der Waals surface area contributed by atoms with Crippen molar-refractivity contribution < 1.29 is 17.9 Å². The highest BCUT2D eigenvalue weighted by Crippen LogP contribution is 2.29. The summed E-state index contributed by atoms with van der Waals surface area (Å²) in [4.78, 5) is 0. The van der Waals surface area contributed by atoms with Crippen LogP contribution in [0.25, 0.3) is 0 Å². The first-order valence-electron chi connectivity index (χ1n) is 6.85. The van der Waals surface area contributed by atoms with Crippen LogP contribution in [0.1, 0.15) is 30.9 Å². The molecule has 5 heteroatoms. The van der Waals surface area contributed by atoms with Crippen LogP contribution in [-0.2, 0) is 17.3 Å². The minimum absolute atomic E-state index is 0.238. The second kappa shape index (κ2) is 8.27. The average Bonchev–Trinajstić information content (AvgIpc) is 2.41. The van der Waals surface area contributed by atoms with Crippen molar-refractivity contribution >= 4 is 0 Å². The van der Waals surface area contributed by atoms with E-state index >= 15 is 0 Å². The lowest BCUT2D eigenvalue weighted by molar-refractivity contribution is -0.137. The van der Waals surface area contributed by atoms with Gasteiger partial charge in [0.15, 0.2) is 0 Å². The molecule has 0 aliphatic heterocycles. The Bertz CT molecular complexity index is 376. The molecular formula is C15H22F3NO. The monoisotopic (exact) mass is 289 g/mol. The van der Waals surface area contributed by atoms with Gasteiger partial charge in [0, 0.05) is 13.2 Å². The van der Waals surface area contributed by atoms with Crippen molar-refractivity contribution in [2.24, 2.45) is 0 Å². The Morgan fingerprint density at radius 3 is 2.35 bits per heavy atom. The molecule has 0 aliphatic rings. The molecule has 0 radical (unpaired) electrons. The van der Waals surface area contributed by atoms with Gasteiger partial charge in [-0.25, -0.2) is 0 Å². The van der Waals surface area contributed by atoms with E-state index in [-0.39, 0.29) is 6.04 Å². The van der Waals surface area contributed by atoms with Crippen LogP contribution in [0, 0.1) is 0 Å². The maximum absolute atomic E-state index is 12.4. The Hall–Kier alpha value is -1.07. The molecule has 0 spiro atoms. The maximum Gasteiger partial charge on any atom is 0.416 e. The van der Waals surface area contributed by atoms with Crippen LogP contribution >= 0.6 is 0 Å². The number of benzene rings is 1. The second-order valence-electron chi connectivity index (χ2n) is 4.84. The van der Waals surface area contributed by atoms with E-state index in [9.17, 15) is 13.2 Å². The molecule has 2 nitrogen and oxygen atoms in total. The summed E-state index contributed by atoms with van der Waals surface area (Å²) in [6.45, 7) is 3.62. The van der Waals surface area contributed by atoms with Crippen molar-refractivity contribution in [1.82, 2.24) is 5.32 Å². The Labute approximate surface area is 118 Å². The highest BCUT2D eigenvalue weighted by molar-refractivity contribution is 5.24. The fourth-order valence-electron chi connectivity index (χ4n) is 2.00. The largest absolute Gasteiger partial charge is 0.416 e. The van der Waals surface area contributed by atoms with E-state index in [1.165, 1.54) is 0 Å². The van der Waals surface area contributed by atoms with E-state index in [0.29, 0.717) is 6.61 Å². The fraction of sp³-hybridized carbons (Fsp3) is 0.600. The molecule has 114 valence electrons. The summed E-state index contributed by atoms with van der Waals surface area (Å²) < 4.78 is 42.5. The number of aryl methyl sites for hydroxylation is 1. The summed E-state index contributed by atoms with van der Waals surface area (Å²) in [7, 11) is 1.65. The van der Waals surface area contributed by atoms with Crippen LogP contribution in [0.4, 0.5) is 13.2 Å². The van der Waals surface area contributed by atoms with Gasteiger partial charge in [-0.1, -0.05) is 19.1 Å². The van der Waals surface area contributed by atoms with Gasteiger partial charge in [0.05, 0.1) is 12.2 Å². The summed E-state index contributed by atoms with van der Waals surface area (Å²) in [5, 5.41) is 3.37. The molecule has 1 rings (SSSR count). The molecule has 0 saturated heterocycles. The van der Waals surface area contributed by atoms with Gasteiger partial charge in [0.1, 0.15) is 0 Å². The Morgan fingerprint density at radius 1 is 1.20 bits per heavy atom. The van der Waals surface area contributed by atoms with Crippen molar-refractivity contribution in [3.05, 3.63) is 35.4 Å². The van der Waals surface area contributed by atoms with Crippen molar-refractivity contribution in [3.63, 3.8) is 0 Å². The molecule has 20 heavy (non-hydrogen) atoms. The zero-order valence-electron chi connectivity index (χ0n) is 12.0. The zero-order valence-corrected chi connectivity index (χ0v) is 12.0. The topological polar surface area (TPSA) is 21.3 Å². The summed E-state index contributed by atoms with van der Waals surface area (Å²) >= 11 is 0. The standard InChI is InChI=1S/C15H22F3NO/c1-3-10-19-14(11-20-2)9-6-12-4-7-13(8-5-12)15(16,17)18/h4-5,7-8,14,19H,3,6,9-11H2,1-2H3. The molecule has 1 N–H and O–H groups in total. The number of halogens is 3. The molecule has 0 aliphatic carbocycles. The highest BCUT2D eigenvalue weighted by atomic mass is 19.4. The zero-order chi connectivity index (χ0) is 15.0. The third-order valence-corrected chi connectivity index (χ3v) is 3.11. The minimum atomic E-state index is -4.26. The second-order valence-corrected chi connectivity index (χ2v) is 4.84. The summed E-state index contributed by atoms with van der Waals surface area (Å²) in [6.07, 6.45) is -1.64. The van der Waals surface area contributed by atoms with Crippen LogP contribution in [-0.4, -0.2) is 26.3 Å². The predicted molar refractivity (Wildman–Crippen MR) is 73.7 cm³/mol. The van der Waals surface area contributed by atoms with E-state index in [0.717, 1.165) is 43.5 Å². The number of alkyl halides is 3. The first kappa shape index (κ1) is 17.0. The molecule has 0 aromatic heterocycles. The van der Waals surface area contributed by atoms with Crippen molar-refractivity contribution in [2.45, 2.75) is 38.4 Å². The van der Waals surface area contributed by atoms with Crippen molar-refractivity contribution in [2.75, 3.05) is 20.3 Å².